The van der Waals surface area contributed by atoms with Crippen LogP contribution in [0.4, 0.5) is 0 Å². The minimum absolute atomic E-state index is 0.100. The molecule has 1 unspecified atom stereocenters. The van der Waals surface area contributed by atoms with E-state index < -0.39 is 6.04 Å². The summed E-state index contributed by atoms with van der Waals surface area (Å²) in [4.78, 5) is 12.1. The van der Waals surface area contributed by atoms with E-state index in [0.717, 1.165) is 11.1 Å². The smallest absolute Gasteiger partial charge is 0.237 e. The number of benzene rings is 2. The molecule has 0 spiro atoms. The third-order valence-corrected chi connectivity index (χ3v) is 3.62. The maximum atomic E-state index is 12.1. The molecule has 0 aliphatic carbocycles. The molecule has 0 saturated carbocycles. The lowest BCUT2D eigenvalue weighted by Gasteiger charge is -2.18. The van der Waals surface area contributed by atoms with Crippen molar-refractivity contribution >= 4 is 17.5 Å². The van der Waals surface area contributed by atoms with Gasteiger partial charge in [-0.05, 0) is 36.6 Å². The maximum Gasteiger partial charge on any atom is 0.237 e. The van der Waals surface area contributed by atoms with Gasteiger partial charge in [-0.25, -0.2) is 0 Å². The fourth-order valence-electron chi connectivity index (χ4n) is 2.12. The maximum absolute atomic E-state index is 12.1. The summed E-state index contributed by atoms with van der Waals surface area (Å²) in [5, 5.41) is 3.61. The molecule has 0 bridgehead atoms. The van der Waals surface area contributed by atoms with Crippen LogP contribution in [-0.2, 0) is 11.2 Å². The molecule has 1 amide bonds. The van der Waals surface area contributed by atoms with Crippen molar-refractivity contribution in [1.82, 2.24) is 5.32 Å². The van der Waals surface area contributed by atoms with Gasteiger partial charge >= 0.3 is 0 Å². The van der Waals surface area contributed by atoms with Gasteiger partial charge in [-0.3, -0.25) is 4.79 Å². The molecule has 21 heavy (non-hydrogen) atoms. The highest BCUT2D eigenvalue weighted by Crippen LogP contribution is 2.16. The van der Waals surface area contributed by atoms with E-state index in [1.807, 2.05) is 61.5 Å². The van der Waals surface area contributed by atoms with Crippen LogP contribution in [0.3, 0.4) is 0 Å². The van der Waals surface area contributed by atoms with Crippen LogP contribution in [0.2, 0.25) is 5.02 Å². The normalized spacial score (nSPS) is 13.5. The van der Waals surface area contributed by atoms with E-state index in [0.29, 0.717) is 11.4 Å². The Morgan fingerprint density at radius 1 is 1.14 bits per heavy atom. The van der Waals surface area contributed by atoms with Crippen molar-refractivity contribution in [3.05, 3.63) is 70.7 Å². The molecule has 110 valence electrons. The van der Waals surface area contributed by atoms with Gasteiger partial charge in [0.25, 0.3) is 0 Å². The summed E-state index contributed by atoms with van der Waals surface area (Å²) in [6, 6.07) is 16.5. The van der Waals surface area contributed by atoms with E-state index >= 15 is 0 Å². The van der Waals surface area contributed by atoms with Crippen molar-refractivity contribution in [2.75, 3.05) is 0 Å². The first-order valence-electron chi connectivity index (χ1n) is 6.91. The Labute approximate surface area is 130 Å². The van der Waals surface area contributed by atoms with Gasteiger partial charge in [0, 0.05) is 5.02 Å². The fourth-order valence-corrected chi connectivity index (χ4v) is 2.24. The van der Waals surface area contributed by atoms with Crippen LogP contribution in [0.25, 0.3) is 0 Å². The lowest BCUT2D eigenvalue weighted by Crippen LogP contribution is -2.42. The fraction of sp³-hybridized carbons (Fsp3) is 0.235. The van der Waals surface area contributed by atoms with Gasteiger partial charge in [0.05, 0.1) is 12.1 Å². The van der Waals surface area contributed by atoms with Gasteiger partial charge in [0.2, 0.25) is 5.91 Å². The van der Waals surface area contributed by atoms with Gasteiger partial charge in [-0.1, -0.05) is 54.1 Å². The number of amides is 1. The van der Waals surface area contributed by atoms with Gasteiger partial charge < -0.3 is 11.1 Å². The molecule has 3 N–H and O–H groups in total. The van der Waals surface area contributed by atoms with Gasteiger partial charge in [-0.2, -0.15) is 0 Å². The average molecular weight is 303 g/mol. The monoisotopic (exact) mass is 302 g/mol. The first-order chi connectivity index (χ1) is 10.1. The number of halogens is 1. The number of nitrogens with two attached hydrogens (primary N) is 1. The van der Waals surface area contributed by atoms with Crippen LogP contribution in [-0.4, -0.2) is 11.9 Å². The Morgan fingerprint density at radius 3 is 2.38 bits per heavy atom. The van der Waals surface area contributed by atoms with Crippen molar-refractivity contribution in [3.8, 4) is 0 Å². The molecule has 0 radical (unpaired) electrons. The molecular formula is C17H19ClN2O. The molecule has 0 saturated heterocycles. The van der Waals surface area contributed by atoms with Crippen molar-refractivity contribution in [3.63, 3.8) is 0 Å². The summed E-state index contributed by atoms with van der Waals surface area (Å²) in [5.41, 5.74) is 8.02. The molecule has 0 aliphatic rings. The van der Waals surface area contributed by atoms with E-state index in [1.54, 1.807) is 0 Å². The topological polar surface area (TPSA) is 55.1 Å². The second-order valence-electron chi connectivity index (χ2n) is 5.08. The minimum atomic E-state index is -0.554. The molecule has 2 atom stereocenters. The molecule has 2 aromatic rings. The zero-order chi connectivity index (χ0) is 15.2. The second-order valence-corrected chi connectivity index (χ2v) is 5.51. The Morgan fingerprint density at radius 2 is 1.76 bits per heavy atom. The predicted molar refractivity (Wildman–Crippen MR) is 86.1 cm³/mol. The Hall–Kier alpha value is -1.84. The lowest BCUT2D eigenvalue weighted by molar-refractivity contribution is -0.123. The van der Waals surface area contributed by atoms with Gasteiger partial charge in [0.1, 0.15) is 0 Å². The molecule has 0 aliphatic heterocycles. The zero-order valence-corrected chi connectivity index (χ0v) is 12.7. The minimum Gasteiger partial charge on any atom is -0.348 e. The van der Waals surface area contributed by atoms with E-state index in [2.05, 4.69) is 5.32 Å². The Balaban J connectivity index is 1.92. The van der Waals surface area contributed by atoms with Crippen LogP contribution in [0.5, 0.6) is 0 Å². The van der Waals surface area contributed by atoms with Crippen LogP contribution in [0, 0.1) is 0 Å². The summed E-state index contributed by atoms with van der Waals surface area (Å²) in [6.45, 7) is 1.93. The van der Waals surface area contributed by atoms with Crippen molar-refractivity contribution < 1.29 is 4.79 Å². The number of carbonyl (C=O) groups excluding carboxylic acids is 1. The van der Waals surface area contributed by atoms with E-state index in [4.69, 9.17) is 17.3 Å². The Kier molecular flexibility index (Phi) is 5.37. The lowest BCUT2D eigenvalue weighted by atomic mass is 10.0. The number of hydrogen-bond acceptors (Lipinski definition) is 2. The number of nitrogens with one attached hydrogen (secondary N) is 1. The highest BCUT2D eigenvalue weighted by molar-refractivity contribution is 6.30. The van der Waals surface area contributed by atoms with Crippen LogP contribution in [0.15, 0.2) is 54.6 Å². The van der Waals surface area contributed by atoms with Crippen molar-refractivity contribution in [2.24, 2.45) is 5.73 Å². The SMILES string of the molecule is CC(NC(=O)[C@H](N)Cc1ccccc1)c1ccc(Cl)cc1. The standard InChI is InChI=1S/C17H19ClN2O/c1-12(14-7-9-15(18)10-8-14)20-17(21)16(19)11-13-5-3-2-4-6-13/h2-10,12,16H,11,19H2,1H3,(H,20,21)/t12?,16-/m1/s1. The predicted octanol–water partition coefficient (Wildman–Crippen LogP) is 3.09. The van der Waals surface area contributed by atoms with Gasteiger partial charge in [-0.15, -0.1) is 0 Å². The highest BCUT2D eigenvalue weighted by Gasteiger charge is 2.16. The molecule has 2 rings (SSSR count). The quantitative estimate of drug-likeness (QED) is 0.892. The summed E-state index contributed by atoms with van der Waals surface area (Å²) >= 11 is 5.86. The van der Waals surface area contributed by atoms with Crippen molar-refractivity contribution in [1.29, 1.82) is 0 Å². The van der Waals surface area contributed by atoms with Crippen LogP contribution >= 0.6 is 11.6 Å². The summed E-state index contributed by atoms with van der Waals surface area (Å²) in [7, 11) is 0. The second kappa shape index (κ2) is 7.25. The van der Waals surface area contributed by atoms with Crippen LogP contribution < -0.4 is 11.1 Å². The molecule has 2 aromatic carbocycles. The van der Waals surface area contributed by atoms with E-state index in [-0.39, 0.29) is 11.9 Å². The molecule has 0 aromatic heterocycles. The molecule has 0 fully saturated rings. The number of hydrogen-bond donors (Lipinski definition) is 2. The third-order valence-electron chi connectivity index (χ3n) is 3.36. The van der Waals surface area contributed by atoms with E-state index in [1.165, 1.54) is 0 Å². The molecule has 3 nitrogen and oxygen atoms in total. The Bertz CT molecular complexity index is 583. The summed E-state index contributed by atoms with van der Waals surface area (Å²) < 4.78 is 0. The molecule has 4 heteroatoms. The first kappa shape index (κ1) is 15.5. The van der Waals surface area contributed by atoms with E-state index in [9.17, 15) is 4.79 Å². The molecule has 0 heterocycles. The van der Waals surface area contributed by atoms with Gasteiger partial charge in [0.15, 0.2) is 0 Å². The first-order valence-corrected chi connectivity index (χ1v) is 7.29. The largest absolute Gasteiger partial charge is 0.348 e. The average Bonchev–Trinajstić information content (AvgIpc) is 2.48. The number of rotatable bonds is 5. The highest BCUT2D eigenvalue weighted by atomic mass is 35.5. The molecular weight excluding hydrogens is 284 g/mol. The summed E-state index contributed by atoms with van der Waals surface area (Å²) in [6.07, 6.45) is 0.528. The third kappa shape index (κ3) is 4.59. The zero-order valence-electron chi connectivity index (χ0n) is 11.9. The van der Waals surface area contributed by atoms with Crippen LogP contribution in [0.1, 0.15) is 24.1 Å². The summed E-state index contributed by atoms with van der Waals surface area (Å²) in [5.74, 6) is -0.152. The number of carbonyl (C=O) groups is 1. The van der Waals surface area contributed by atoms with Crippen molar-refractivity contribution in [2.45, 2.75) is 25.4 Å².